The maximum atomic E-state index is 14.5. The summed E-state index contributed by atoms with van der Waals surface area (Å²) in [6.07, 6.45) is 2.84. The van der Waals surface area contributed by atoms with Crippen LogP contribution in [0.4, 0.5) is 5.69 Å². The minimum atomic E-state index is -0.745. The summed E-state index contributed by atoms with van der Waals surface area (Å²) in [5.74, 6) is -0.415. The number of hydrogen-bond acceptors (Lipinski definition) is 4. The molecule has 4 aromatic rings. The van der Waals surface area contributed by atoms with Crippen LogP contribution in [0, 0.1) is 0 Å². The lowest BCUT2D eigenvalue weighted by Crippen LogP contribution is -2.52. The first-order chi connectivity index (χ1) is 22.0. The molecule has 0 aliphatic carbocycles. The summed E-state index contributed by atoms with van der Waals surface area (Å²) in [5, 5.41) is 2.98. The smallest absolute Gasteiger partial charge is 0.247 e. The summed E-state index contributed by atoms with van der Waals surface area (Å²) < 4.78 is 0. The molecule has 2 fully saturated rings. The summed E-state index contributed by atoms with van der Waals surface area (Å²) in [5.41, 5.74) is 9.69. The van der Waals surface area contributed by atoms with Gasteiger partial charge in [-0.3, -0.25) is 14.4 Å². The lowest BCUT2D eigenvalue weighted by Gasteiger charge is -2.38. The van der Waals surface area contributed by atoms with Gasteiger partial charge in [0.15, 0.2) is 0 Å². The van der Waals surface area contributed by atoms with Gasteiger partial charge in [-0.25, -0.2) is 0 Å². The van der Waals surface area contributed by atoms with Crippen LogP contribution in [0.25, 0.3) is 0 Å². The largest absolute Gasteiger partial charge is 0.331 e. The molecule has 4 aromatic carbocycles. The topological polar surface area (TPSA) is 95.7 Å². The minimum absolute atomic E-state index is 0.0683. The van der Waals surface area contributed by atoms with E-state index in [1.165, 1.54) is 0 Å². The zero-order valence-corrected chi connectivity index (χ0v) is 25.5. The first kappa shape index (κ1) is 30.3. The molecular weight excluding hydrogens is 560 g/mol. The van der Waals surface area contributed by atoms with E-state index in [-0.39, 0.29) is 24.1 Å². The lowest BCUT2D eigenvalue weighted by atomic mass is 9.67. The summed E-state index contributed by atoms with van der Waals surface area (Å²) >= 11 is 0. The predicted octanol–water partition coefficient (Wildman–Crippen LogP) is 5.49. The molecule has 0 radical (unpaired) electrons. The molecule has 6 rings (SSSR count). The fourth-order valence-electron chi connectivity index (χ4n) is 7.12. The molecule has 7 nitrogen and oxygen atoms in total. The number of nitrogens with two attached hydrogens (primary N) is 1. The average molecular weight is 601 g/mol. The molecule has 2 aliphatic heterocycles. The molecule has 3 N–H and O–H groups in total. The molecular formula is C38H40N4O3. The number of nitrogens with zero attached hydrogens (tertiary/aromatic N) is 2. The van der Waals surface area contributed by atoms with Crippen LogP contribution in [0.3, 0.4) is 0 Å². The highest BCUT2D eigenvalue weighted by Gasteiger charge is 2.45. The van der Waals surface area contributed by atoms with Crippen molar-refractivity contribution in [3.63, 3.8) is 0 Å². The molecule has 0 aromatic heterocycles. The van der Waals surface area contributed by atoms with Gasteiger partial charge in [0.2, 0.25) is 17.7 Å². The second-order valence-electron chi connectivity index (χ2n) is 12.0. The average Bonchev–Trinajstić information content (AvgIpc) is 3.79. The van der Waals surface area contributed by atoms with E-state index >= 15 is 0 Å². The van der Waals surface area contributed by atoms with Crippen molar-refractivity contribution in [3.8, 4) is 0 Å². The third-order valence-electron chi connectivity index (χ3n) is 9.34. The summed E-state index contributed by atoms with van der Waals surface area (Å²) in [7, 11) is 0. The highest BCUT2D eigenvalue weighted by Crippen LogP contribution is 2.43. The number of benzene rings is 4. The first-order valence-corrected chi connectivity index (χ1v) is 15.9. The van der Waals surface area contributed by atoms with Crippen molar-refractivity contribution in [3.05, 3.63) is 138 Å². The van der Waals surface area contributed by atoms with Gasteiger partial charge in [-0.05, 0) is 60.1 Å². The maximum Gasteiger partial charge on any atom is 0.247 e. The van der Waals surface area contributed by atoms with Crippen LogP contribution in [-0.2, 0) is 26.3 Å². The molecule has 0 bridgehead atoms. The molecule has 0 unspecified atom stereocenters. The third-order valence-corrected chi connectivity index (χ3v) is 9.34. The molecule has 0 spiro atoms. The number of hydrogen-bond donors (Lipinski definition) is 2. The van der Waals surface area contributed by atoms with Crippen molar-refractivity contribution in [1.29, 1.82) is 0 Å². The minimum Gasteiger partial charge on any atom is -0.331 e. The summed E-state index contributed by atoms with van der Waals surface area (Å²) in [6, 6.07) is 36.8. The van der Waals surface area contributed by atoms with E-state index < -0.39 is 17.5 Å². The summed E-state index contributed by atoms with van der Waals surface area (Å²) in [4.78, 5) is 45.5. The molecule has 230 valence electrons. The quantitative estimate of drug-likeness (QED) is 0.249. The Hall–Kier alpha value is -4.75. The van der Waals surface area contributed by atoms with Crippen LogP contribution >= 0.6 is 0 Å². The van der Waals surface area contributed by atoms with E-state index in [1.54, 1.807) is 9.80 Å². The van der Waals surface area contributed by atoms with Gasteiger partial charge in [0.25, 0.3) is 0 Å². The molecule has 7 heteroatoms. The Labute approximate surface area is 265 Å². The van der Waals surface area contributed by atoms with Crippen LogP contribution in [0.15, 0.2) is 115 Å². The van der Waals surface area contributed by atoms with Gasteiger partial charge in [-0.2, -0.15) is 0 Å². The van der Waals surface area contributed by atoms with E-state index in [0.717, 1.165) is 35.1 Å². The SMILES string of the molecule is NCc1cccc(NC(=O)[C@H]2CCCN2C(=O)[C@@H]2CCCN2C(=O)CC(c2ccccc2)(c2ccccc2)c2ccccc2)c1. The number of likely N-dealkylation sites (tertiary alicyclic amines) is 2. The van der Waals surface area contributed by atoms with Crippen LogP contribution < -0.4 is 11.1 Å². The maximum absolute atomic E-state index is 14.5. The van der Waals surface area contributed by atoms with E-state index in [2.05, 4.69) is 41.7 Å². The van der Waals surface area contributed by atoms with Gasteiger partial charge in [-0.15, -0.1) is 0 Å². The monoisotopic (exact) mass is 600 g/mol. The predicted molar refractivity (Wildman–Crippen MR) is 176 cm³/mol. The van der Waals surface area contributed by atoms with Gasteiger partial charge in [0.1, 0.15) is 12.1 Å². The molecule has 3 amide bonds. The van der Waals surface area contributed by atoms with Crippen molar-refractivity contribution in [2.75, 3.05) is 18.4 Å². The normalized spacial score (nSPS) is 18.2. The third kappa shape index (κ3) is 6.13. The number of amides is 3. The number of nitrogens with one attached hydrogen (secondary N) is 1. The molecule has 2 atom stereocenters. The zero-order valence-electron chi connectivity index (χ0n) is 25.5. The second kappa shape index (κ2) is 13.5. The van der Waals surface area contributed by atoms with Gasteiger partial charge in [0.05, 0.1) is 5.41 Å². The second-order valence-corrected chi connectivity index (χ2v) is 12.0. The van der Waals surface area contributed by atoms with Gasteiger partial charge < -0.3 is 20.9 Å². The fourth-order valence-corrected chi connectivity index (χ4v) is 7.12. The number of carbonyl (C=O) groups excluding carboxylic acids is 3. The summed E-state index contributed by atoms with van der Waals surface area (Å²) in [6.45, 7) is 1.39. The van der Waals surface area contributed by atoms with Crippen molar-refractivity contribution in [2.24, 2.45) is 5.73 Å². The Morgan fingerprint density at radius 3 is 1.78 bits per heavy atom. The van der Waals surface area contributed by atoms with Crippen LogP contribution in [0.1, 0.15) is 54.4 Å². The van der Waals surface area contributed by atoms with E-state index in [9.17, 15) is 14.4 Å². The van der Waals surface area contributed by atoms with Gasteiger partial charge >= 0.3 is 0 Å². The van der Waals surface area contributed by atoms with E-state index in [0.29, 0.717) is 38.2 Å². The highest BCUT2D eigenvalue weighted by atomic mass is 16.2. The van der Waals surface area contributed by atoms with Crippen molar-refractivity contribution in [2.45, 2.75) is 56.1 Å². The number of anilines is 1. The highest BCUT2D eigenvalue weighted by molar-refractivity contribution is 5.99. The Morgan fingerprint density at radius 1 is 0.689 bits per heavy atom. The van der Waals surface area contributed by atoms with Crippen molar-refractivity contribution in [1.82, 2.24) is 9.80 Å². The molecule has 2 heterocycles. The van der Waals surface area contributed by atoms with Crippen molar-refractivity contribution < 1.29 is 14.4 Å². The standard InChI is InChI=1S/C38H40N4O3/c39-27-28-13-10-20-32(25-28)40-36(44)33-21-11-24-42(33)37(45)34-22-12-23-41(34)35(43)26-38(29-14-4-1-5-15-29,30-16-6-2-7-17-30)31-18-8-3-9-19-31/h1-10,13-20,25,33-34H,11-12,21-24,26-27,39H2,(H,40,44)/t33-,34+/m1/s1. The molecule has 0 saturated carbocycles. The fraction of sp³-hybridized carbons (Fsp3) is 0.289. The Balaban J connectivity index is 1.27. The first-order valence-electron chi connectivity index (χ1n) is 15.9. The Bertz CT molecular complexity index is 1530. The van der Waals surface area contributed by atoms with E-state index in [4.69, 9.17) is 5.73 Å². The van der Waals surface area contributed by atoms with Crippen LogP contribution in [0.5, 0.6) is 0 Å². The van der Waals surface area contributed by atoms with Gasteiger partial charge in [0, 0.05) is 31.7 Å². The number of rotatable bonds is 9. The van der Waals surface area contributed by atoms with Crippen LogP contribution in [-0.4, -0.2) is 52.7 Å². The molecule has 2 saturated heterocycles. The van der Waals surface area contributed by atoms with E-state index in [1.807, 2.05) is 78.9 Å². The molecule has 2 aliphatic rings. The zero-order chi connectivity index (χ0) is 31.2. The number of carbonyl (C=O) groups is 3. The Morgan fingerprint density at radius 2 is 1.22 bits per heavy atom. The van der Waals surface area contributed by atoms with Crippen LogP contribution in [0.2, 0.25) is 0 Å². The Kier molecular flexibility index (Phi) is 9.08. The lowest BCUT2D eigenvalue weighted by molar-refractivity contribution is -0.146. The van der Waals surface area contributed by atoms with Gasteiger partial charge in [-0.1, -0.05) is 103 Å². The molecule has 45 heavy (non-hydrogen) atoms. The van der Waals surface area contributed by atoms with Crippen molar-refractivity contribution >= 4 is 23.4 Å².